The minimum Gasteiger partial charge on any atom is -0.478 e. The van der Waals surface area contributed by atoms with Crippen LogP contribution in [0, 0.1) is 5.41 Å². The predicted octanol–water partition coefficient (Wildman–Crippen LogP) is 7.44. The van der Waals surface area contributed by atoms with Gasteiger partial charge in [0.25, 0.3) is 8.32 Å². The second kappa shape index (κ2) is 12.8. The van der Waals surface area contributed by atoms with E-state index in [2.05, 4.69) is 10.1 Å². The van der Waals surface area contributed by atoms with Crippen molar-refractivity contribution in [2.24, 2.45) is 5.41 Å². The number of carboxylic acid groups (broad SMARTS) is 1. The molecule has 7 nitrogen and oxygen atoms in total. The minimum absolute atomic E-state index is 0.0709. The van der Waals surface area contributed by atoms with Gasteiger partial charge in [-0.1, -0.05) is 114 Å². The van der Waals surface area contributed by atoms with Crippen LogP contribution < -0.4 is 15.1 Å². The van der Waals surface area contributed by atoms with Gasteiger partial charge in [0.2, 0.25) is 5.88 Å². The summed E-state index contributed by atoms with van der Waals surface area (Å²) in [5, 5.41) is 15.0. The van der Waals surface area contributed by atoms with Crippen LogP contribution >= 0.6 is 11.6 Å². The average Bonchev–Trinajstić information content (AvgIpc) is 3.44. The van der Waals surface area contributed by atoms with Crippen LogP contribution in [0.5, 0.6) is 5.88 Å². The third-order valence-corrected chi connectivity index (χ3v) is 13.3. The average molecular weight is 674 g/mol. The molecule has 0 saturated carbocycles. The lowest BCUT2D eigenvalue weighted by molar-refractivity contribution is -0.235. The van der Waals surface area contributed by atoms with E-state index < -0.39 is 49.5 Å². The SMILES string of the molecule is CC(C)(C)c1cc(-n2ccc(OCC(C)(CO[Si](c3ccccc3)(c3ccccc3)C(C)(C)C)C(F)(F)F)n2)nc(Cl)c1C(=O)O. The molecule has 0 fully saturated rings. The molecule has 4 rings (SSSR count). The molecule has 1 unspecified atom stereocenters. The largest absolute Gasteiger partial charge is 0.478 e. The van der Waals surface area contributed by atoms with Crippen LogP contribution in [0.3, 0.4) is 0 Å². The van der Waals surface area contributed by atoms with Gasteiger partial charge in [-0.3, -0.25) is 0 Å². The number of ether oxygens (including phenoxy) is 1. The molecular formula is C34H39ClF3N3O4Si. The van der Waals surface area contributed by atoms with Crippen molar-refractivity contribution in [3.05, 3.63) is 95.3 Å². The smallest absolute Gasteiger partial charge is 0.399 e. The number of halogens is 4. The molecule has 0 amide bonds. The van der Waals surface area contributed by atoms with Gasteiger partial charge >= 0.3 is 12.1 Å². The van der Waals surface area contributed by atoms with E-state index in [0.29, 0.717) is 5.56 Å². The molecule has 0 bridgehead atoms. The van der Waals surface area contributed by atoms with Gasteiger partial charge in [0.1, 0.15) is 22.7 Å². The fourth-order valence-corrected chi connectivity index (χ4v) is 10.4. The van der Waals surface area contributed by atoms with E-state index in [1.54, 1.807) is 6.07 Å². The van der Waals surface area contributed by atoms with E-state index >= 15 is 0 Å². The highest BCUT2D eigenvalue weighted by atomic mass is 35.5. The number of alkyl halides is 3. The van der Waals surface area contributed by atoms with Gasteiger partial charge in [-0.25, -0.2) is 14.5 Å². The van der Waals surface area contributed by atoms with Crippen molar-refractivity contribution in [3.63, 3.8) is 0 Å². The second-order valence-corrected chi connectivity index (χ2v) is 18.3. The standard InChI is InChI=1S/C34H39ClF3N3O4Si/c1-31(2,3)25-20-26(39-29(35)28(25)30(42)43)41-19-18-27(40-41)44-21-33(7,34(36,37)38)22-45-46(32(4,5)6,23-14-10-8-11-15-23)24-16-12-9-13-17-24/h8-20H,21-22H2,1-7H3,(H,42,43). The van der Waals surface area contributed by atoms with Crippen molar-refractivity contribution in [1.29, 1.82) is 0 Å². The lowest BCUT2D eigenvalue weighted by Crippen LogP contribution is -2.67. The lowest BCUT2D eigenvalue weighted by Gasteiger charge is -2.45. The topological polar surface area (TPSA) is 86.5 Å². The summed E-state index contributed by atoms with van der Waals surface area (Å²) in [4.78, 5) is 16.0. The second-order valence-electron chi connectivity index (χ2n) is 13.6. The zero-order valence-electron chi connectivity index (χ0n) is 26.9. The summed E-state index contributed by atoms with van der Waals surface area (Å²) in [6.07, 6.45) is -3.21. The molecule has 0 radical (unpaired) electrons. The number of rotatable bonds is 10. The monoisotopic (exact) mass is 673 g/mol. The number of hydrogen-bond donors (Lipinski definition) is 1. The van der Waals surface area contributed by atoms with Crippen LogP contribution in [0.2, 0.25) is 10.2 Å². The van der Waals surface area contributed by atoms with Crippen molar-refractivity contribution < 1.29 is 32.2 Å². The maximum atomic E-state index is 14.8. The summed E-state index contributed by atoms with van der Waals surface area (Å²) in [6, 6.07) is 21.9. The van der Waals surface area contributed by atoms with Crippen molar-refractivity contribution in [2.45, 2.75) is 65.1 Å². The highest BCUT2D eigenvalue weighted by Gasteiger charge is 2.56. The fourth-order valence-electron chi connectivity index (χ4n) is 5.39. The number of benzene rings is 2. The lowest BCUT2D eigenvalue weighted by atomic mass is 9.84. The molecule has 4 aromatic rings. The quantitative estimate of drug-likeness (QED) is 0.139. The molecule has 0 aliphatic rings. The highest BCUT2D eigenvalue weighted by molar-refractivity contribution is 6.99. The Bertz CT molecular complexity index is 1630. The van der Waals surface area contributed by atoms with Crippen molar-refractivity contribution >= 4 is 36.3 Å². The Morgan fingerprint density at radius 2 is 1.43 bits per heavy atom. The molecule has 0 saturated heterocycles. The number of nitrogens with zero attached hydrogens (tertiary/aromatic N) is 3. The van der Waals surface area contributed by atoms with Gasteiger partial charge in [0.05, 0.1) is 6.61 Å². The normalized spacial score (nSPS) is 14.2. The number of carbonyl (C=O) groups is 1. The first kappa shape index (κ1) is 35.2. The molecule has 12 heteroatoms. The minimum atomic E-state index is -4.68. The Morgan fingerprint density at radius 1 is 0.891 bits per heavy atom. The first-order valence-electron chi connectivity index (χ1n) is 14.7. The van der Waals surface area contributed by atoms with Crippen molar-refractivity contribution in [3.8, 4) is 11.7 Å². The Morgan fingerprint density at radius 3 is 1.89 bits per heavy atom. The summed E-state index contributed by atoms with van der Waals surface area (Å²) < 4.78 is 58.1. The van der Waals surface area contributed by atoms with E-state index in [1.807, 2.05) is 102 Å². The number of hydrogen-bond acceptors (Lipinski definition) is 5. The third kappa shape index (κ3) is 7.01. The van der Waals surface area contributed by atoms with Crippen LogP contribution in [-0.2, 0) is 9.84 Å². The number of aromatic carboxylic acids is 1. The zero-order chi connectivity index (χ0) is 34.1. The third-order valence-electron chi connectivity index (χ3n) is 8.03. The molecule has 1 N–H and O–H groups in total. The van der Waals surface area contributed by atoms with Gasteiger partial charge < -0.3 is 14.3 Å². The number of carboxylic acids is 1. The molecule has 2 heterocycles. The Balaban J connectivity index is 1.65. The van der Waals surface area contributed by atoms with Crippen molar-refractivity contribution in [1.82, 2.24) is 14.8 Å². The van der Waals surface area contributed by atoms with Crippen LogP contribution in [0.4, 0.5) is 13.2 Å². The summed E-state index contributed by atoms with van der Waals surface area (Å²) >= 11 is 6.26. The van der Waals surface area contributed by atoms with Gasteiger partial charge in [-0.2, -0.15) is 13.2 Å². The Labute approximate surface area is 273 Å². The predicted molar refractivity (Wildman–Crippen MR) is 175 cm³/mol. The number of pyridine rings is 1. The first-order chi connectivity index (χ1) is 21.3. The van der Waals surface area contributed by atoms with Crippen molar-refractivity contribution in [2.75, 3.05) is 13.2 Å². The van der Waals surface area contributed by atoms with E-state index in [1.165, 1.54) is 16.9 Å². The molecular weight excluding hydrogens is 635 g/mol. The Hall–Kier alpha value is -3.67. The molecule has 2 aromatic heterocycles. The van der Waals surface area contributed by atoms with E-state index in [0.717, 1.165) is 17.3 Å². The summed E-state index contributed by atoms with van der Waals surface area (Å²) in [7, 11) is -3.26. The molecule has 0 aliphatic carbocycles. The fraction of sp³-hybridized carbons (Fsp3) is 0.382. The summed E-state index contributed by atoms with van der Waals surface area (Å²) in [5.74, 6) is -1.09. The zero-order valence-corrected chi connectivity index (χ0v) is 28.7. The first-order valence-corrected chi connectivity index (χ1v) is 17.0. The van der Waals surface area contributed by atoms with Gasteiger partial charge in [-0.05, 0) is 39.4 Å². The van der Waals surface area contributed by atoms with E-state index in [9.17, 15) is 23.1 Å². The molecule has 2 aromatic carbocycles. The number of aromatic nitrogens is 3. The van der Waals surface area contributed by atoms with Gasteiger partial charge in [0, 0.05) is 12.3 Å². The maximum Gasteiger partial charge on any atom is 0.399 e. The highest BCUT2D eigenvalue weighted by Crippen LogP contribution is 2.43. The van der Waals surface area contributed by atoms with Crippen LogP contribution in [0.1, 0.15) is 64.4 Å². The molecule has 1 atom stereocenters. The molecule has 0 aliphatic heterocycles. The van der Waals surface area contributed by atoms with E-state index in [-0.39, 0.29) is 22.4 Å². The summed E-state index contributed by atoms with van der Waals surface area (Å²) in [6.45, 7) is 11.2. The molecule has 46 heavy (non-hydrogen) atoms. The molecule has 0 spiro atoms. The summed E-state index contributed by atoms with van der Waals surface area (Å²) in [5.41, 5.74) is -2.68. The maximum absolute atomic E-state index is 14.8. The van der Waals surface area contributed by atoms with Crippen LogP contribution in [0.25, 0.3) is 5.82 Å². The Kier molecular flexibility index (Phi) is 9.83. The van der Waals surface area contributed by atoms with E-state index in [4.69, 9.17) is 20.8 Å². The van der Waals surface area contributed by atoms with Gasteiger partial charge in [-0.15, -0.1) is 5.10 Å². The van der Waals surface area contributed by atoms with Crippen LogP contribution in [0.15, 0.2) is 79.0 Å². The van der Waals surface area contributed by atoms with Gasteiger partial charge in [0.15, 0.2) is 5.82 Å². The van der Waals surface area contributed by atoms with Crippen LogP contribution in [-0.4, -0.2) is 53.5 Å². The molecule has 246 valence electrons.